The molecule has 164 valence electrons. The molecule has 1 N–H and O–H groups in total. The van der Waals surface area contributed by atoms with Crippen LogP contribution in [0.25, 0.3) is 11.0 Å². The number of halogens is 1. The largest absolute Gasteiger partial charge is 0.497 e. The first-order valence-electron chi connectivity index (χ1n) is 10.0. The Morgan fingerprint density at radius 1 is 1.22 bits per heavy atom. The molecule has 2 heterocycles. The van der Waals surface area contributed by atoms with Crippen LogP contribution < -0.4 is 15.6 Å². The monoisotopic (exact) mass is 495 g/mol. The van der Waals surface area contributed by atoms with Crippen molar-refractivity contribution in [3.05, 3.63) is 86.5 Å². The van der Waals surface area contributed by atoms with Gasteiger partial charge in [0, 0.05) is 11.0 Å². The predicted octanol–water partition coefficient (Wildman–Crippen LogP) is 3.15. The molecule has 4 rings (SSSR count). The number of amides is 1. The SMILES string of the molecule is COc1ccc(Br)c(C(=O)NCCn2ncc3c(=O)n(Cc4ccccc4C)cnc32)c1. The van der Waals surface area contributed by atoms with Crippen molar-refractivity contribution in [1.29, 1.82) is 0 Å². The Labute approximate surface area is 193 Å². The molecular formula is C23H22BrN5O3. The lowest BCUT2D eigenvalue weighted by molar-refractivity contribution is 0.0951. The fourth-order valence-electron chi connectivity index (χ4n) is 3.42. The van der Waals surface area contributed by atoms with Crippen molar-refractivity contribution in [3.63, 3.8) is 0 Å². The van der Waals surface area contributed by atoms with Gasteiger partial charge in [-0.1, -0.05) is 24.3 Å². The van der Waals surface area contributed by atoms with Gasteiger partial charge >= 0.3 is 0 Å². The highest BCUT2D eigenvalue weighted by molar-refractivity contribution is 9.10. The van der Waals surface area contributed by atoms with Crippen LogP contribution in [-0.4, -0.2) is 38.9 Å². The highest BCUT2D eigenvalue weighted by Crippen LogP contribution is 2.22. The molecule has 0 fully saturated rings. The zero-order chi connectivity index (χ0) is 22.7. The van der Waals surface area contributed by atoms with Crippen LogP contribution in [0, 0.1) is 6.92 Å². The fourth-order valence-corrected chi connectivity index (χ4v) is 3.85. The second-order valence-corrected chi connectivity index (χ2v) is 8.17. The number of hydrogen-bond donors (Lipinski definition) is 1. The van der Waals surface area contributed by atoms with Crippen LogP contribution >= 0.6 is 15.9 Å². The van der Waals surface area contributed by atoms with Gasteiger partial charge < -0.3 is 10.1 Å². The quantitative estimate of drug-likeness (QED) is 0.425. The lowest BCUT2D eigenvalue weighted by Gasteiger charge is -2.10. The van der Waals surface area contributed by atoms with Crippen LogP contribution in [0.15, 0.2) is 64.3 Å². The zero-order valence-corrected chi connectivity index (χ0v) is 19.3. The first-order valence-corrected chi connectivity index (χ1v) is 10.8. The Balaban J connectivity index is 1.47. The molecule has 0 aliphatic heterocycles. The van der Waals surface area contributed by atoms with E-state index in [2.05, 4.69) is 31.3 Å². The van der Waals surface area contributed by atoms with Crippen LogP contribution in [0.2, 0.25) is 0 Å². The fraction of sp³-hybridized carbons (Fsp3) is 0.217. The number of hydrogen-bond acceptors (Lipinski definition) is 5. The highest BCUT2D eigenvalue weighted by Gasteiger charge is 2.13. The molecular weight excluding hydrogens is 474 g/mol. The summed E-state index contributed by atoms with van der Waals surface area (Å²) in [6.07, 6.45) is 3.07. The van der Waals surface area contributed by atoms with E-state index in [1.54, 1.807) is 40.9 Å². The molecule has 0 atom stereocenters. The van der Waals surface area contributed by atoms with E-state index in [-0.39, 0.29) is 11.5 Å². The number of fused-ring (bicyclic) bond motifs is 1. The summed E-state index contributed by atoms with van der Waals surface area (Å²) in [6, 6.07) is 13.1. The smallest absolute Gasteiger partial charge is 0.264 e. The number of nitrogens with zero attached hydrogens (tertiary/aromatic N) is 4. The van der Waals surface area contributed by atoms with E-state index in [0.29, 0.717) is 46.5 Å². The van der Waals surface area contributed by atoms with Crippen molar-refractivity contribution in [2.45, 2.75) is 20.0 Å². The van der Waals surface area contributed by atoms with Crippen LogP contribution in [-0.2, 0) is 13.1 Å². The lowest BCUT2D eigenvalue weighted by Crippen LogP contribution is -2.28. The number of ether oxygens (including phenoxy) is 1. The van der Waals surface area contributed by atoms with Crippen LogP contribution in [0.4, 0.5) is 0 Å². The highest BCUT2D eigenvalue weighted by atomic mass is 79.9. The molecule has 8 nitrogen and oxygen atoms in total. The Hall–Kier alpha value is -3.46. The Bertz CT molecular complexity index is 1350. The van der Waals surface area contributed by atoms with Crippen molar-refractivity contribution in [3.8, 4) is 5.75 Å². The van der Waals surface area contributed by atoms with Crippen molar-refractivity contribution in [1.82, 2.24) is 24.6 Å². The number of methoxy groups -OCH3 is 1. The maximum atomic E-state index is 12.9. The molecule has 4 aromatic rings. The second-order valence-electron chi connectivity index (χ2n) is 7.31. The standard InChI is InChI=1S/C23H22BrN5O3/c1-15-5-3-4-6-16(15)13-28-14-26-21-19(23(28)31)12-27-29(21)10-9-25-22(30)18-11-17(32-2)7-8-20(18)24/h3-8,11-12,14H,9-10,13H2,1-2H3,(H,25,30). The molecule has 0 spiro atoms. The van der Waals surface area contributed by atoms with Gasteiger partial charge in [-0.3, -0.25) is 14.2 Å². The number of aromatic nitrogens is 4. The summed E-state index contributed by atoms with van der Waals surface area (Å²) in [7, 11) is 1.55. The molecule has 0 bridgehead atoms. The molecule has 2 aromatic carbocycles. The van der Waals surface area contributed by atoms with Crippen molar-refractivity contribution < 1.29 is 9.53 Å². The number of nitrogens with one attached hydrogen (secondary N) is 1. The molecule has 32 heavy (non-hydrogen) atoms. The summed E-state index contributed by atoms with van der Waals surface area (Å²) < 4.78 is 9.06. The third kappa shape index (κ3) is 4.43. The molecule has 0 saturated heterocycles. The predicted molar refractivity (Wildman–Crippen MR) is 125 cm³/mol. The molecule has 9 heteroatoms. The molecule has 1 amide bonds. The van der Waals surface area contributed by atoms with Gasteiger partial charge in [-0.2, -0.15) is 5.10 Å². The first-order chi connectivity index (χ1) is 15.5. The molecule has 0 aliphatic carbocycles. The van der Waals surface area contributed by atoms with E-state index in [1.807, 2.05) is 31.2 Å². The summed E-state index contributed by atoms with van der Waals surface area (Å²) in [6.45, 7) is 3.17. The summed E-state index contributed by atoms with van der Waals surface area (Å²) in [5.74, 6) is 0.364. The van der Waals surface area contributed by atoms with Gasteiger partial charge in [-0.05, 0) is 52.2 Å². The average Bonchev–Trinajstić information content (AvgIpc) is 3.21. The molecule has 2 aromatic heterocycles. The summed E-state index contributed by atoms with van der Waals surface area (Å²) in [5.41, 5.74) is 3.01. The number of rotatable bonds is 7. The van der Waals surface area contributed by atoms with E-state index in [1.165, 1.54) is 6.20 Å². The molecule has 0 unspecified atom stereocenters. The van der Waals surface area contributed by atoms with Gasteiger partial charge in [0.2, 0.25) is 0 Å². The summed E-state index contributed by atoms with van der Waals surface area (Å²) in [5, 5.41) is 7.61. The second kappa shape index (κ2) is 9.35. The van der Waals surface area contributed by atoms with Gasteiger partial charge in [-0.15, -0.1) is 0 Å². The average molecular weight is 496 g/mol. The number of aryl methyl sites for hydroxylation is 1. The van der Waals surface area contributed by atoms with Crippen molar-refractivity contribution in [2.75, 3.05) is 13.7 Å². The lowest BCUT2D eigenvalue weighted by atomic mass is 10.1. The molecule has 0 aliphatic rings. The normalized spacial score (nSPS) is 11.0. The van der Waals surface area contributed by atoms with E-state index in [9.17, 15) is 9.59 Å². The van der Waals surface area contributed by atoms with Gasteiger partial charge in [0.1, 0.15) is 17.5 Å². The van der Waals surface area contributed by atoms with Gasteiger partial charge in [-0.25, -0.2) is 9.67 Å². The van der Waals surface area contributed by atoms with Gasteiger partial charge in [0.05, 0.1) is 32.0 Å². The van der Waals surface area contributed by atoms with E-state index >= 15 is 0 Å². The van der Waals surface area contributed by atoms with Crippen LogP contribution in [0.3, 0.4) is 0 Å². The zero-order valence-electron chi connectivity index (χ0n) is 17.7. The summed E-state index contributed by atoms with van der Waals surface area (Å²) >= 11 is 3.39. The Morgan fingerprint density at radius 2 is 2.03 bits per heavy atom. The summed E-state index contributed by atoms with van der Waals surface area (Å²) in [4.78, 5) is 29.9. The molecule has 0 radical (unpaired) electrons. The van der Waals surface area contributed by atoms with Gasteiger partial charge in [0.15, 0.2) is 5.65 Å². The van der Waals surface area contributed by atoms with Crippen molar-refractivity contribution >= 4 is 32.9 Å². The van der Waals surface area contributed by atoms with Gasteiger partial charge in [0.25, 0.3) is 11.5 Å². The maximum absolute atomic E-state index is 12.9. The third-order valence-electron chi connectivity index (χ3n) is 5.25. The third-order valence-corrected chi connectivity index (χ3v) is 5.94. The topological polar surface area (TPSA) is 91.0 Å². The maximum Gasteiger partial charge on any atom is 0.264 e. The van der Waals surface area contributed by atoms with Crippen LogP contribution in [0.1, 0.15) is 21.5 Å². The van der Waals surface area contributed by atoms with E-state index < -0.39 is 0 Å². The van der Waals surface area contributed by atoms with E-state index in [0.717, 1.165) is 11.1 Å². The van der Waals surface area contributed by atoms with E-state index in [4.69, 9.17) is 4.74 Å². The minimum Gasteiger partial charge on any atom is -0.497 e. The number of carbonyl (C=O) groups excluding carboxylic acids is 1. The minimum absolute atomic E-state index is 0.145. The Morgan fingerprint density at radius 3 is 2.81 bits per heavy atom. The number of benzene rings is 2. The van der Waals surface area contributed by atoms with Crippen LogP contribution in [0.5, 0.6) is 5.75 Å². The minimum atomic E-state index is -0.235. The molecule has 0 saturated carbocycles. The Kier molecular flexibility index (Phi) is 6.36. The number of carbonyl (C=O) groups is 1. The van der Waals surface area contributed by atoms with Crippen molar-refractivity contribution in [2.24, 2.45) is 0 Å². The first kappa shape index (κ1) is 21.8.